The van der Waals surface area contributed by atoms with E-state index in [2.05, 4.69) is 0 Å². The van der Waals surface area contributed by atoms with E-state index in [-0.39, 0.29) is 6.04 Å². The van der Waals surface area contributed by atoms with Crippen molar-refractivity contribution in [3.8, 4) is 0 Å². The number of aryl methyl sites for hydroxylation is 1. The van der Waals surface area contributed by atoms with Crippen LogP contribution in [-0.4, -0.2) is 11.1 Å². The zero-order valence-electron chi connectivity index (χ0n) is 10.8. The molecule has 0 aliphatic heterocycles. The molecule has 18 heavy (non-hydrogen) atoms. The van der Waals surface area contributed by atoms with Gasteiger partial charge in [-0.2, -0.15) is 0 Å². The van der Waals surface area contributed by atoms with Crippen LogP contribution in [0, 0.1) is 6.92 Å². The molecule has 2 nitrogen and oxygen atoms in total. The zero-order chi connectivity index (χ0) is 13.2. The predicted octanol–water partition coefficient (Wildman–Crippen LogP) is 2.58. The van der Waals surface area contributed by atoms with E-state index in [4.69, 9.17) is 5.73 Å². The molecule has 0 fully saturated rings. The van der Waals surface area contributed by atoms with Gasteiger partial charge >= 0.3 is 0 Å². The van der Waals surface area contributed by atoms with Crippen molar-refractivity contribution in [1.82, 2.24) is 0 Å². The van der Waals surface area contributed by atoms with E-state index in [1.807, 2.05) is 68.4 Å². The first kappa shape index (κ1) is 12.8. The van der Waals surface area contributed by atoms with Crippen LogP contribution >= 0.6 is 0 Å². The molecule has 0 saturated heterocycles. The molecule has 2 atom stereocenters. The van der Waals surface area contributed by atoms with Crippen LogP contribution in [0.15, 0.2) is 54.6 Å². The summed E-state index contributed by atoms with van der Waals surface area (Å²) in [4.78, 5) is 0. The standard InChI is InChI=1S/C16H19NO/c1-12-7-6-10-15(11-12)16(18,13(2)17)14-8-4-3-5-9-14/h3-11,13,18H,17H2,1-2H3. The third-order valence-corrected chi connectivity index (χ3v) is 3.33. The molecule has 0 aliphatic rings. The summed E-state index contributed by atoms with van der Waals surface area (Å²) in [5, 5.41) is 11.0. The lowest BCUT2D eigenvalue weighted by Crippen LogP contribution is -2.44. The van der Waals surface area contributed by atoms with E-state index in [9.17, 15) is 5.11 Å². The molecule has 0 aromatic heterocycles. The molecule has 2 aromatic carbocycles. The first-order valence-electron chi connectivity index (χ1n) is 6.16. The molecule has 0 bridgehead atoms. The molecule has 0 aliphatic carbocycles. The Hall–Kier alpha value is -1.64. The predicted molar refractivity (Wildman–Crippen MR) is 74.3 cm³/mol. The van der Waals surface area contributed by atoms with Crippen LogP contribution in [0.2, 0.25) is 0 Å². The van der Waals surface area contributed by atoms with Gasteiger partial charge in [0, 0.05) is 6.04 Å². The Morgan fingerprint density at radius 1 is 1.00 bits per heavy atom. The highest BCUT2D eigenvalue weighted by molar-refractivity contribution is 5.39. The van der Waals surface area contributed by atoms with Gasteiger partial charge in [0.1, 0.15) is 5.60 Å². The van der Waals surface area contributed by atoms with Gasteiger partial charge < -0.3 is 10.8 Å². The summed E-state index contributed by atoms with van der Waals surface area (Å²) in [6.45, 7) is 3.84. The number of benzene rings is 2. The Bertz CT molecular complexity index is 522. The maximum absolute atomic E-state index is 11.0. The highest BCUT2D eigenvalue weighted by atomic mass is 16.3. The van der Waals surface area contributed by atoms with Gasteiger partial charge in [0.05, 0.1) is 0 Å². The van der Waals surface area contributed by atoms with Crippen molar-refractivity contribution in [2.75, 3.05) is 0 Å². The van der Waals surface area contributed by atoms with Gasteiger partial charge in [0.15, 0.2) is 0 Å². The minimum Gasteiger partial charge on any atom is -0.379 e. The number of hydrogen-bond donors (Lipinski definition) is 2. The van der Waals surface area contributed by atoms with E-state index in [0.717, 1.165) is 16.7 Å². The Balaban J connectivity index is 2.58. The monoisotopic (exact) mass is 241 g/mol. The fraction of sp³-hybridized carbons (Fsp3) is 0.250. The second kappa shape index (κ2) is 4.92. The van der Waals surface area contributed by atoms with Crippen LogP contribution in [0.1, 0.15) is 23.6 Å². The molecule has 0 amide bonds. The van der Waals surface area contributed by atoms with E-state index >= 15 is 0 Å². The van der Waals surface area contributed by atoms with Crippen LogP contribution < -0.4 is 5.73 Å². The smallest absolute Gasteiger partial charge is 0.129 e. The van der Waals surface area contributed by atoms with Crippen molar-refractivity contribution in [2.45, 2.75) is 25.5 Å². The van der Waals surface area contributed by atoms with E-state index in [1.165, 1.54) is 0 Å². The van der Waals surface area contributed by atoms with Gasteiger partial charge in [-0.1, -0.05) is 60.2 Å². The Morgan fingerprint density at radius 2 is 1.61 bits per heavy atom. The normalized spacial score (nSPS) is 16.0. The largest absolute Gasteiger partial charge is 0.379 e. The molecule has 2 unspecified atom stereocenters. The summed E-state index contributed by atoms with van der Waals surface area (Å²) in [5.41, 5.74) is 7.66. The lowest BCUT2D eigenvalue weighted by Gasteiger charge is -2.33. The second-order valence-electron chi connectivity index (χ2n) is 4.79. The van der Waals surface area contributed by atoms with Crippen LogP contribution in [-0.2, 0) is 5.60 Å². The maximum Gasteiger partial charge on any atom is 0.129 e. The van der Waals surface area contributed by atoms with E-state index in [0.29, 0.717) is 0 Å². The highest BCUT2D eigenvalue weighted by Gasteiger charge is 2.35. The Labute approximate surface area is 108 Å². The van der Waals surface area contributed by atoms with Crippen molar-refractivity contribution in [3.63, 3.8) is 0 Å². The molecule has 0 radical (unpaired) electrons. The fourth-order valence-corrected chi connectivity index (χ4v) is 2.27. The topological polar surface area (TPSA) is 46.2 Å². The summed E-state index contributed by atoms with van der Waals surface area (Å²) in [6.07, 6.45) is 0. The lowest BCUT2D eigenvalue weighted by molar-refractivity contribution is 0.0578. The lowest BCUT2D eigenvalue weighted by atomic mass is 9.81. The minimum absolute atomic E-state index is 0.387. The molecule has 0 spiro atoms. The molecular weight excluding hydrogens is 222 g/mol. The third-order valence-electron chi connectivity index (χ3n) is 3.33. The molecule has 2 aromatic rings. The fourth-order valence-electron chi connectivity index (χ4n) is 2.27. The van der Waals surface area contributed by atoms with Crippen molar-refractivity contribution in [3.05, 3.63) is 71.3 Å². The highest BCUT2D eigenvalue weighted by Crippen LogP contribution is 2.32. The van der Waals surface area contributed by atoms with Gasteiger partial charge in [-0.25, -0.2) is 0 Å². The molecular formula is C16H19NO. The summed E-state index contributed by atoms with van der Waals surface area (Å²) in [5.74, 6) is 0. The number of hydrogen-bond acceptors (Lipinski definition) is 2. The van der Waals surface area contributed by atoms with Gasteiger partial charge in [-0.15, -0.1) is 0 Å². The van der Waals surface area contributed by atoms with Crippen LogP contribution in [0.3, 0.4) is 0 Å². The average molecular weight is 241 g/mol. The molecule has 0 heterocycles. The maximum atomic E-state index is 11.0. The van der Waals surface area contributed by atoms with E-state index < -0.39 is 5.60 Å². The molecule has 2 heteroatoms. The van der Waals surface area contributed by atoms with Gasteiger partial charge in [-0.05, 0) is 25.0 Å². The summed E-state index contributed by atoms with van der Waals surface area (Å²) < 4.78 is 0. The molecule has 94 valence electrons. The molecule has 0 saturated carbocycles. The second-order valence-corrected chi connectivity index (χ2v) is 4.79. The number of nitrogens with two attached hydrogens (primary N) is 1. The first-order chi connectivity index (χ1) is 8.55. The van der Waals surface area contributed by atoms with Crippen molar-refractivity contribution >= 4 is 0 Å². The summed E-state index contributed by atoms with van der Waals surface area (Å²) in [7, 11) is 0. The number of aliphatic hydroxyl groups is 1. The minimum atomic E-state index is -1.15. The van der Waals surface area contributed by atoms with Gasteiger partial charge in [0.2, 0.25) is 0 Å². The first-order valence-corrected chi connectivity index (χ1v) is 6.16. The Kier molecular flexibility index (Phi) is 3.50. The SMILES string of the molecule is Cc1cccc(C(O)(c2ccccc2)C(C)N)c1. The van der Waals surface area contributed by atoms with Gasteiger partial charge in [-0.3, -0.25) is 0 Å². The van der Waals surface area contributed by atoms with Crippen LogP contribution in [0.4, 0.5) is 0 Å². The Morgan fingerprint density at radius 3 is 2.17 bits per heavy atom. The van der Waals surface area contributed by atoms with Crippen LogP contribution in [0.5, 0.6) is 0 Å². The third kappa shape index (κ3) is 2.17. The average Bonchev–Trinajstić information content (AvgIpc) is 2.38. The van der Waals surface area contributed by atoms with Crippen molar-refractivity contribution in [1.29, 1.82) is 0 Å². The van der Waals surface area contributed by atoms with Crippen molar-refractivity contribution < 1.29 is 5.11 Å². The quantitative estimate of drug-likeness (QED) is 0.867. The van der Waals surface area contributed by atoms with E-state index in [1.54, 1.807) is 0 Å². The van der Waals surface area contributed by atoms with Crippen LogP contribution in [0.25, 0.3) is 0 Å². The zero-order valence-corrected chi connectivity index (χ0v) is 10.8. The van der Waals surface area contributed by atoms with Crippen molar-refractivity contribution in [2.24, 2.45) is 5.73 Å². The molecule has 2 rings (SSSR count). The summed E-state index contributed by atoms with van der Waals surface area (Å²) in [6, 6.07) is 17.0. The molecule has 3 N–H and O–H groups in total. The van der Waals surface area contributed by atoms with Gasteiger partial charge in [0.25, 0.3) is 0 Å². The number of rotatable bonds is 3. The summed E-state index contributed by atoms with van der Waals surface area (Å²) >= 11 is 0.